The highest BCUT2D eigenvalue weighted by Crippen LogP contribution is 2.13. The number of hydrogen-bond acceptors (Lipinski definition) is 3. The zero-order valence-corrected chi connectivity index (χ0v) is 7.00. The van der Waals surface area contributed by atoms with E-state index in [9.17, 15) is 9.59 Å². The molecule has 4 heteroatoms. The number of rotatable bonds is 1. The standard InChI is InChI=1S/C7H12N2O2/c1-8(2)5-4-6(10)9(3)7(5)11/h5H,4H2,1-3H3. The van der Waals surface area contributed by atoms with E-state index in [0.29, 0.717) is 6.42 Å². The first-order chi connectivity index (χ1) is 5.04. The first-order valence-corrected chi connectivity index (χ1v) is 3.51. The number of carbonyl (C=O) groups is 2. The van der Waals surface area contributed by atoms with Crippen molar-refractivity contribution >= 4 is 11.8 Å². The summed E-state index contributed by atoms with van der Waals surface area (Å²) in [7, 11) is 5.12. The zero-order chi connectivity index (χ0) is 8.59. The molecule has 1 heterocycles. The first-order valence-electron chi connectivity index (χ1n) is 3.51. The molecule has 1 unspecified atom stereocenters. The van der Waals surface area contributed by atoms with Crippen LogP contribution < -0.4 is 0 Å². The smallest absolute Gasteiger partial charge is 0.246 e. The van der Waals surface area contributed by atoms with E-state index in [-0.39, 0.29) is 17.9 Å². The Bertz CT molecular complexity index is 201. The Morgan fingerprint density at radius 3 is 2.18 bits per heavy atom. The van der Waals surface area contributed by atoms with Crippen LogP contribution in [0.3, 0.4) is 0 Å². The van der Waals surface area contributed by atoms with Crippen molar-refractivity contribution in [3.8, 4) is 0 Å². The molecule has 1 saturated heterocycles. The van der Waals surface area contributed by atoms with Gasteiger partial charge in [0.05, 0.1) is 12.5 Å². The van der Waals surface area contributed by atoms with Crippen LogP contribution in [0.4, 0.5) is 0 Å². The summed E-state index contributed by atoms with van der Waals surface area (Å²) >= 11 is 0. The van der Waals surface area contributed by atoms with Gasteiger partial charge in [-0.1, -0.05) is 0 Å². The molecule has 0 bridgehead atoms. The average molecular weight is 156 g/mol. The van der Waals surface area contributed by atoms with E-state index in [1.165, 1.54) is 11.9 Å². The Kier molecular flexibility index (Phi) is 1.95. The van der Waals surface area contributed by atoms with Crippen LogP contribution in [0, 0.1) is 0 Å². The maximum atomic E-state index is 11.2. The van der Waals surface area contributed by atoms with Gasteiger partial charge < -0.3 is 0 Å². The van der Waals surface area contributed by atoms with E-state index in [1.54, 1.807) is 19.0 Å². The van der Waals surface area contributed by atoms with Gasteiger partial charge in [0.1, 0.15) is 0 Å². The number of imide groups is 1. The summed E-state index contributed by atoms with van der Waals surface area (Å²) in [5.74, 6) is -0.186. The summed E-state index contributed by atoms with van der Waals surface area (Å²) in [4.78, 5) is 25.2. The SMILES string of the molecule is CN1C(=O)CC(N(C)C)C1=O. The Morgan fingerprint density at radius 2 is 2.00 bits per heavy atom. The van der Waals surface area contributed by atoms with Crippen LogP contribution in [0.25, 0.3) is 0 Å². The van der Waals surface area contributed by atoms with Gasteiger partial charge in [0.2, 0.25) is 11.8 Å². The second-order valence-corrected chi connectivity index (χ2v) is 2.97. The minimum atomic E-state index is -0.243. The van der Waals surface area contributed by atoms with Gasteiger partial charge in [0.15, 0.2) is 0 Å². The van der Waals surface area contributed by atoms with Crippen LogP contribution in [0.15, 0.2) is 0 Å². The molecule has 1 fully saturated rings. The predicted molar refractivity (Wildman–Crippen MR) is 39.9 cm³/mol. The van der Waals surface area contributed by atoms with E-state index in [2.05, 4.69) is 0 Å². The monoisotopic (exact) mass is 156 g/mol. The molecule has 11 heavy (non-hydrogen) atoms. The van der Waals surface area contributed by atoms with Gasteiger partial charge in [0, 0.05) is 7.05 Å². The van der Waals surface area contributed by atoms with Crippen molar-refractivity contribution in [3.63, 3.8) is 0 Å². The van der Waals surface area contributed by atoms with Crippen molar-refractivity contribution < 1.29 is 9.59 Å². The van der Waals surface area contributed by atoms with Crippen molar-refractivity contribution in [1.29, 1.82) is 0 Å². The van der Waals surface area contributed by atoms with Crippen LogP contribution >= 0.6 is 0 Å². The molecule has 4 nitrogen and oxygen atoms in total. The third-order valence-corrected chi connectivity index (χ3v) is 1.98. The molecule has 0 aromatic rings. The first kappa shape index (κ1) is 8.20. The summed E-state index contributed by atoms with van der Waals surface area (Å²) < 4.78 is 0. The van der Waals surface area contributed by atoms with Crippen molar-refractivity contribution in [1.82, 2.24) is 9.80 Å². The van der Waals surface area contributed by atoms with Crippen LogP contribution in [0.2, 0.25) is 0 Å². The maximum Gasteiger partial charge on any atom is 0.246 e. The lowest BCUT2D eigenvalue weighted by Gasteiger charge is -2.15. The van der Waals surface area contributed by atoms with Gasteiger partial charge in [0.25, 0.3) is 0 Å². The lowest BCUT2D eigenvalue weighted by Crippen LogP contribution is -2.36. The van der Waals surface area contributed by atoms with E-state index < -0.39 is 0 Å². The van der Waals surface area contributed by atoms with Gasteiger partial charge in [-0.2, -0.15) is 0 Å². The lowest BCUT2D eigenvalue weighted by molar-refractivity contribution is -0.137. The third kappa shape index (κ3) is 1.26. The molecule has 62 valence electrons. The highest BCUT2D eigenvalue weighted by molar-refractivity contribution is 6.05. The molecule has 1 atom stereocenters. The molecular weight excluding hydrogens is 144 g/mol. The quantitative estimate of drug-likeness (QED) is 0.472. The van der Waals surface area contributed by atoms with Crippen LogP contribution in [-0.2, 0) is 9.59 Å². The fraction of sp³-hybridized carbons (Fsp3) is 0.714. The maximum absolute atomic E-state index is 11.2. The second-order valence-electron chi connectivity index (χ2n) is 2.97. The van der Waals surface area contributed by atoms with Crippen LogP contribution in [0.5, 0.6) is 0 Å². The molecule has 0 saturated carbocycles. The summed E-state index contributed by atoms with van der Waals surface area (Å²) in [5, 5.41) is 0. The topological polar surface area (TPSA) is 40.6 Å². The number of likely N-dealkylation sites (N-methyl/N-ethyl adjacent to an activating group) is 2. The normalized spacial score (nSPS) is 25.5. The summed E-state index contributed by atoms with van der Waals surface area (Å²) in [6.45, 7) is 0. The largest absolute Gasteiger partial charge is 0.298 e. The summed E-state index contributed by atoms with van der Waals surface area (Å²) in [6.07, 6.45) is 0.322. The Hall–Kier alpha value is -0.900. The van der Waals surface area contributed by atoms with E-state index in [4.69, 9.17) is 0 Å². The molecule has 1 aliphatic heterocycles. The second kappa shape index (κ2) is 2.62. The Balaban J connectivity index is 2.75. The third-order valence-electron chi connectivity index (χ3n) is 1.98. The molecule has 0 aromatic heterocycles. The van der Waals surface area contributed by atoms with Gasteiger partial charge in [-0.3, -0.25) is 19.4 Å². The minimum Gasteiger partial charge on any atom is -0.298 e. The molecule has 1 rings (SSSR count). The number of likely N-dealkylation sites (tertiary alicyclic amines) is 1. The number of amides is 2. The van der Waals surface area contributed by atoms with Crippen LogP contribution in [0.1, 0.15) is 6.42 Å². The number of hydrogen-bond donors (Lipinski definition) is 0. The molecule has 0 radical (unpaired) electrons. The number of nitrogens with zero attached hydrogens (tertiary/aromatic N) is 2. The highest BCUT2D eigenvalue weighted by atomic mass is 16.2. The molecule has 0 spiro atoms. The predicted octanol–water partition coefficient (Wildman–Crippen LogP) is -0.695. The molecule has 1 aliphatic rings. The summed E-state index contributed by atoms with van der Waals surface area (Å²) in [5.41, 5.74) is 0. The lowest BCUT2D eigenvalue weighted by atomic mass is 10.2. The molecular formula is C7H12N2O2. The average Bonchev–Trinajstić information content (AvgIpc) is 2.17. The molecule has 0 aromatic carbocycles. The van der Waals surface area contributed by atoms with Crippen molar-refractivity contribution in [2.45, 2.75) is 12.5 Å². The highest BCUT2D eigenvalue weighted by Gasteiger charge is 2.36. The van der Waals surface area contributed by atoms with Gasteiger partial charge in [-0.05, 0) is 14.1 Å². The van der Waals surface area contributed by atoms with Crippen molar-refractivity contribution in [2.75, 3.05) is 21.1 Å². The van der Waals surface area contributed by atoms with E-state index in [0.717, 1.165) is 0 Å². The number of carbonyl (C=O) groups excluding carboxylic acids is 2. The van der Waals surface area contributed by atoms with Crippen molar-refractivity contribution in [2.24, 2.45) is 0 Å². The fourth-order valence-electron chi connectivity index (χ4n) is 1.14. The molecule has 0 aliphatic carbocycles. The van der Waals surface area contributed by atoms with Crippen molar-refractivity contribution in [3.05, 3.63) is 0 Å². The fourth-order valence-corrected chi connectivity index (χ4v) is 1.14. The molecule has 0 N–H and O–H groups in total. The van der Waals surface area contributed by atoms with Gasteiger partial charge >= 0.3 is 0 Å². The Morgan fingerprint density at radius 1 is 1.45 bits per heavy atom. The summed E-state index contributed by atoms with van der Waals surface area (Å²) in [6, 6.07) is -0.243. The van der Waals surface area contributed by atoms with E-state index >= 15 is 0 Å². The van der Waals surface area contributed by atoms with Gasteiger partial charge in [-0.25, -0.2) is 0 Å². The van der Waals surface area contributed by atoms with Gasteiger partial charge in [-0.15, -0.1) is 0 Å². The van der Waals surface area contributed by atoms with E-state index in [1.807, 2.05) is 0 Å². The van der Waals surface area contributed by atoms with Crippen LogP contribution in [-0.4, -0.2) is 48.8 Å². The molecule has 2 amide bonds. The zero-order valence-electron chi connectivity index (χ0n) is 7.00. The Labute approximate surface area is 65.8 Å². The minimum absolute atomic E-state index is 0.0892.